The molecule has 0 aliphatic carbocycles. The second kappa shape index (κ2) is 6.52. The first-order chi connectivity index (χ1) is 4.39. The third kappa shape index (κ3) is 5.63. The minimum atomic E-state index is 0. The number of nitrogens with zero attached hydrogens (tertiary/aromatic N) is 3. The van der Waals surface area contributed by atoms with Gasteiger partial charge < -0.3 is 17.3 Å². The Morgan fingerprint density at radius 1 is 1.17 bits per heavy atom. The second-order valence-electron chi connectivity index (χ2n) is 3.43. The molecule has 0 unspecified atom stereocenters. The molecule has 0 amide bonds. The second-order valence-corrected chi connectivity index (χ2v) is 3.43. The third-order valence-electron chi connectivity index (χ3n) is 1.20. The Morgan fingerprint density at radius 2 is 1.50 bits per heavy atom. The fraction of sp³-hybridized carbons (Fsp3) is 0.857. The quantitative estimate of drug-likeness (QED) is 0.252. The van der Waals surface area contributed by atoms with Crippen LogP contribution >= 0.6 is 12.4 Å². The van der Waals surface area contributed by atoms with Gasteiger partial charge in [0.25, 0.3) is 5.96 Å². The van der Waals surface area contributed by atoms with Crippen LogP contribution in [0.1, 0.15) is 0 Å². The summed E-state index contributed by atoms with van der Waals surface area (Å²) in [6.07, 6.45) is 0. The molecule has 0 saturated heterocycles. The van der Waals surface area contributed by atoms with Gasteiger partial charge in [0.05, 0.1) is 21.1 Å². The average Bonchev–Trinajstić information content (AvgIpc) is 1.60. The monoisotopic (exact) mass is 215 g/mol. The lowest BCUT2D eigenvalue weighted by Crippen LogP contribution is -3.00. The standard InChI is InChI=1S/C7H18N3.2ClH/c1-8-7(9(2)3)10(4,5)6;;/h1-6H3;2*1H/q+1;;/p-1/b8-7+;;. The van der Waals surface area contributed by atoms with Crippen molar-refractivity contribution in [2.45, 2.75) is 0 Å². The summed E-state index contributed by atoms with van der Waals surface area (Å²) < 4.78 is 0.767. The number of hydrogen-bond donors (Lipinski definition) is 0. The molecule has 0 N–H and O–H groups in total. The van der Waals surface area contributed by atoms with E-state index in [-0.39, 0.29) is 24.8 Å². The molecule has 0 fully saturated rings. The van der Waals surface area contributed by atoms with Gasteiger partial charge >= 0.3 is 0 Å². The average molecular weight is 216 g/mol. The lowest BCUT2D eigenvalue weighted by atomic mass is 10.6. The Morgan fingerprint density at radius 3 is 1.50 bits per heavy atom. The molecule has 5 heteroatoms. The molecule has 0 rings (SSSR count). The van der Waals surface area contributed by atoms with Crippen molar-refractivity contribution in [1.82, 2.24) is 4.90 Å². The first-order valence-corrected chi connectivity index (χ1v) is 3.35. The maximum Gasteiger partial charge on any atom is 0.298 e. The van der Waals surface area contributed by atoms with Gasteiger partial charge in [0, 0.05) is 21.1 Å². The van der Waals surface area contributed by atoms with E-state index in [2.05, 4.69) is 26.1 Å². The molecule has 0 aromatic carbocycles. The SMILES string of the molecule is C/N=C(\N(C)C)[N+](C)(C)C.Cl.[Cl-]. The normalized spacial score (nSPS) is 11.3. The van der Waals surface area contributed by atoms with Crippen molar-refractivity contribution in [1.29, 1.82) is 0 Å². The molecule has 0 radical (unpaired) electrons. The molecule has 3 nitrogen and oxygen atoms in total. The number of guanidine groups is 1. The van der Waals surface area contributed by atoms with Crippen molar-refractivity contribution in [3.63, 3.8) is 0 Å². The van der Waals surface area contributed by atoms with Crippen LogP contribution in [0.3, 0.4) is 0 Å². The van der Waals surface area contributed by atoms with E-state index in [9.17, 15) is 0 Å². The van der Waals surface area contributed by atoms with Crippen molar-refractivity contribution in [3.05, 3.63) is 0 Å². The van der Waals surface area contributed by atoms with Gasteiger partial charge in [-0.1, -0.05) is 0 Å². The Bertz CT molecular complexity index is 138. The van der Waals surface area contributed by atoms with E-state index in [4.69, 9.17) is 0 Å². The van der Waals surface area contributed by atoms with E-state index in [0.717, 1.165) is 10.4 Å². The molecule has 0 aromatic heterocycles. The summed E-state index contributed by atoms with van der Waals surface area (Å²) in [5.41, 5.74) is 0. The fourth-order valence-electron chi connectivity index (χ4n) is 1.10. The molecule has 0 saturated carbocycles. The lowest BCUT2D eigenvalue weighted by Gasteiger charge is -2.28. The largest absolute Gasteiger partial charge is 1.00 e. The molecule has 0 heterocycles. The Hall–Kier alpha value is 0.01000. The van der Waals surface area contributed by atoms with Gasteiger partial charge in [0.15, 0.2) is 0 Å². The van der Waals surface area contributed by atoms with Gasteiger partial charge in [0.2, 0.25) is 0 Å². The van der Waals surface area contributed by atoms with Crippen LogP contribution in [0.2, 0.25) is 0 Å². The van der Waals surface area contributed by atoms with Crippen molar-refractivity contribution in [2.24, 2.45) is 4.99 Å². The van der Waals surface area contributed by atoms with Crippen LogP contribution in [-0.4, -0.2) is 57.6 Å². The zero-order valence-corrected chi connectivity index (χ0v) is 10.2. The summed E-state index contributed by atoms with van der Waals surface area (Å²) in [6.45, 7) is 0. The predicted octanol–water partition coefficient (Wildman–Crippen LogP) is -2.33. The van der Waals surface area contributed by atoms with Crippen molar-refractivity contribution < 1.29 is 16.9 Å². The Kier molecular flexibility index (Phi) is 9.74. The first kappa shape index (κ1) is 17.9. The fourth-order valence-corrected chi connectivity index (χ4v) is 1.10. The summed E-state index contributed by atoms with van der Waals surface area (Å²) >= 11 is 0. The third-order valence-corrected chi connectivity index (χ3v) is 1.20. The number of hydrogen-bond acceptors (Lipinski definition) is 1. The Labute approximate surface area is 87.9 Å². The van der Waals surface area contributed by atoms with E-state index in [0.29, 0.717) is 0 Å². The highest BCUT2D eigenvalue weighted by Gasteiger charge is 2.18. The van der Waals surface area contributed by atoms with Crippen LogP contribution < -0.4 is 12.4 Å². The van der Waals surface area contributed by atoms with Crippen LogP contribution in [0.5, 0.6) is 0 Å². The molecule has 0 aliphatic rings. The molecular weight excluding hydrogens is 197 g/mol. The molecule has 0 spiro atoms. The van der Waals surface area contributed by atoms with E-state index >= 15 is 0 Å². The predicted molar refractivity (Wildman–Crippen MR) is 52.3 cm³/mol. The zero-order valence-electron chi connectivity index (χ0n) is 8.63. The molecule has 76 valence electrons. The van der Waals surface area contributed by atoms with Gasteiger partial charge in [0.1, 0.15) is 0 Å². The van der Waals surface area contributed by atoms with Crippen LogP contribution in [-0.2, 0) is 0 Å². The molecule has 0 aromatic rings. The summed E-state index contributed by atoms with van der Waals surface area (Å²) in [7, 11) is 12.1. The number of aliphatic imine (C=N–C) groups is 1. The maximum atomic E-state index is 4.17. The van der Waals surface area contributed by atoms with Gasteiger partial charge in [-0.25, -0.2) is 4.99 Å². The minimum absolute atomic E-state index is 0. The molecule has 12 heavy (non-hydrogen) atoms. The highest BCUT2D eigenvalue weighted by Crippen LogP contribution is 1.96. The van der Waals surface area contributed by atoms with Crippen LogP contribution in [0.25, 0.3) is 0 Å². The molecule has 0 bridgehead atoms. The van der Waals surface area contributed by atoms with Crippen LogP contribution in [0, 0.1) is 0 Å². The topological polar surface area (TPSA) is 15.6 Å². The summed E-state index contributed by atoms with van der Waals surface area (Å²) in [5.74, 6) is 1.07. The van der Waals surface area contributed by atoms with Gasteiger partial charge in [-0.2, -0.15) is 0 Å². The first-order valence-electron chi connectivity index (χ1n) is 3.35. The molecular formula is C7H19Cl2N3. The maximum absolute atomic E-state index is 4.17. The van der Waals surface area contributed by atoms with Crippen molar-refractivity contribution in [2.75, 3.05) is 42.3 Å². The van der Waals surface area contributed by atoms with E-state index in [1.165, 1.54) is 0 Å². The number of rotatable bonds is 0. The Balaban J connectivity index is -0.000000405. The van der Waals surface area contributed by atoms with Gasteiger partial charge in [-0.15, -0.1) is 12.4 Å². The van der Waals surface area contributed by atoms with E-state index < -0.39 is 0 Å². The van der Waals surface area contributed by atoms with Crippen molar-refractivity contribution >= 4 is 18.4 Å². The summed E-state index contributed by atoms with van der Waals surface area (Å²) in [6, 6.07) is 0. The van der Waals surface area contributed by atoms with Crippen LogP contribution in [0.15, 0.2) is 4.99 Å². The summed E-state index contributed by atoms with van der Waals surface area (Å²) in [5, 5.41) is 0. The zero-order chi connectivity index (χ0) is 8.36. The summed E-state index contributed by atoms with van der Waals surface area (Å²) in [4.78, 5) is 6.20. The lowest BCUT2D eigenvalue weighted by molar-refractivity contribution is -0.782. The smallest absolute Gasteiger partial charge is 0.298 e. The van der Waals surface area contributed by atoms with Gasteiger partial charge in [-0.05, 0) is 0 Å². The number of halogens is 2. The highest BCUT2D eigenvalue weighted by molar-refractivity contribution is 5.85. The van der Waals surface area contributed by atoms with E-state index in [1.54, 1.807) is 0 Å². The van der Waals surface area contributed by atoms with Crippen LogP contribution in [0.4, 0.5) is 0 Å². The molecule has 0 aliphatic heterocycles. The van der Waals surface area contributed by atoms with E-state index in [1.807, 2.05) is 26.0 Å². The number of quaternary nitrogens is 1. The van der Waals surface area contributed by atoms with Gasteiger partial charge in [-0.3, -0.25) is 4.48 Å². The van der Waals surface area contributed by atoms with Crippen molar-refractivity contribution in [3.8, 4) is 0 Å². The highest BCUT2D eigenvalue weighted by atomic mass is 35.5. The minimum Gasteiger partial charge on any atom is -1.00 e. The molecule has 0 atom stereocenters.